The zero-order valence-corrected chi connectivity index (χ0v) is 18.0. The number of nitrogens with one attached hydrogen (secondary N) is 3. The molecule has 160 valence electrons. The second-order valence-electron chi connectivity index (χ2n) is 7.32. The van der Waals surface area contributed by atoms with Crippen LogP contribution in [0.2, 0.25) is 0 Å². The average Bonchev–Trinajstić information content (AvgIpc) is 3.20. The number of hydrogen-bond donors (Lipinski definition) is 3. The summed E-state index contributed by atoms with van der Waals surface area (Å²) in [7, 11) is 0. The lowest BCUT2D eigenvalue weighted by Crippen LogP contribution is -2.45. The third kappa shape index (κ3) is 4.13. The van der Waals surface area contributed by atoms with Crippen LogP contribution in [0.25, 0.3) is 21.9 Å². The number of aromatic amines is 2. The fourth-order valence-corrected chi connectivity index (χ4v) is 4.08. The van der Waals surface area contributed by atoms with Crippen molar-refractivity contribution in [2.75, 3.05) is 12.0 Å². The van der Waals surface area contributed by atoms with Crippen LogP contribution in [0.3, 0.4) is 0 Å². The van der Waals surface area contributed by atoms with E-state index in [4.69, 9.17) is 0 Å². The molecule has 0 fully saturated rings. The van der Waals surface area contributed by atoms with Gasteiger partial charge in [0, 0.05) is 0 Å². The monoisotopic (exact) mass is 437 g/mol. The van der Waals surface area contributed by atoms with Crippen molar-refractivity contribution in [2.45, 2.75) is 25.4 Å². The highest BCUT2D eigenvalue weighted by atomic mass is 32.2. The summed E-state index contributed by atoms with van der Waals surface area (Å²) in [6.07, 6.45) is 2.26. The van der Waals surface area contributed by atoms with Crippen LogP contribution in [-0.2, 0) is 4.79 Å². The molecule has 2 aromatic carbocycles. The van der Waals surface area contributed by atoms with Gasteiger partial charge >= 0.3 is 5.69 Å². The Morgan fingerprint density at radius 3 is 2.55 bits per heavy atom. The summed E-state index contributed by atoms with van der Waals surface area (Å²) in [4.78, 5) is 49.5. The number of imidazole rings is 1. The van der Waals surface area contributed by atoms with Crippen molar-refractivity contribution in [3.63, 3.8) is 0 Å². The fraction of sp³-hybridized carbons (Fsp3) is 0.273. The number of amides is 1. The van der Waals surface area contributed by atoms with Crippen molar-refractivity contribution < 1.29 is 4.79 Å². The third-order valence-corrected chi connectivity index (χ3v) is 5.87. The van der Waals surface area contributed by atoms with E-state index in [1.54, 1.807) is 36.0 Å². The molecule has 1 amide bonds. The second-order valence-corrected chi connectivity index (χ2v) is 8.30. The van der Waals surface area contributed by atoms with Crippen molar-refractivity contribution in [3.05, 3.63) is 75.2 Å². The minimum Gasteiger partial charge on any atom is -0.345 e. The molecule has 0 saturated carbocycles. The van der Waals surface area contributed by atoms with Crippen molar-refractivity contribution >= 4 is 39.6 Å². The van der Waals surface area contributed by atoms with Crippen molar-refractivity contribution in [2.24, 2.45) is 0 Å². The Labute approximate surface area is 182 Å². The van der Waals surface area contributed by atoms with Crippen LogP contribution in [0.1, 0.15) is 31.3 Å². The summed E-state index contributed by atoms with van der Waals surface area (Å²) >= 11 is 1.55. The number of rotatable bonds is 7. The molecular formula is C22H23N5O3S. The first-order valence-corrected chi connectivity index (χ1v) is 11.4. The molecular weight excluding hydrogens is 414 g/mol. The zero-order valence-electron chi connectivity index (χ0n) is 17.2. The Kier molecular flexibility index (Phi) is 5.94. The van der Waals surface area contributed by atoms with Crippen LogP contribution in [0.15, 0.2) is 58.1 Å². The molecule has 4 aromatic rings. The molecule has 8 nitrogen and oxygen atoms in total. The molecule has 4 rings (SSSR count). The number of aromatic nitrogens is 4. The maximum atomic E-state index is 13.2. The van der Waals surface area contributed by atoms with Crippen LogP contribution in [0.5, 0.6) is 0 Å². The summed E-state index contributed by atoms with van der Waals surface area (Å²) in [5.74, 6) is 0.832. The van der Waals surface area contributed by atoms with Crippen LogP contribution in [-0.4, -0.2) is 37.4 Å². The fourth-order valence-electron chi connectivity index (χ4n) is 3.62. The van der Waals surface area contributed by atoms with Gasteiger partial charge in [0.2, 0.25) is 5.91 Å². The lowest BCUT2D eigenvalue weighted by Gasteiger charge is -2.21. The van der Waals surface area contributed by atoms with Crippen molar-refractivity contribution in [1.82, 2.24) is 24.8 Å². The molecule has 0 aliphatic heterocycles. The van der Waals surface area contributed by atoms with E-state index in [0.29, 0.717) is 28.9 Å². The number of para-hydroxylation sites is 3. The molecule has 0 spiro atoms. The molecule has 0 bridgehead atoms. The maximum absolute atomic E-state index is 13.2. The van der Waals surface area contributed by atoms with Gasteiger partial charge in [0.05, 0.1) is 28.0 Å². The van der Waals surface area contributed by atoms with Crippen molar-refractivity contribution in [3.8, 4) is 0 Å². The number of carbonyl (C=O) groups excluding carboxylic acids is 1. The number of H-pyrrole nitrogens is 2. The number of thioether (sulfide) groups is 1. The lowest BCUT2D eigenvalue weighted by atomic mass is 10.1. The largest absolute Gasteiger partial charge is 0.345 e. The van der Waals surface area contributed by atoms with Gasteiger partial charge < -0.3 is 15.3 Å². The number of fused-ring (bicyclic) bond motifs is 2. The predicted octanol–water partition coefficient (Wildman–Crippen LogP) is 2.74. The van der Waals surface area contributed by atoms with E-state index in [1.807, 2.05) is 37.4 Å². The smallest absolute Gasteiger partial charge is 0.329 e. The van der Waals surface area contributed by atoms with Gasteiger partial charge in [-0.15, -0.1) is 0 Å². The highest BCUT2D eigenvalue weighted by Crippen LogP contribution is 2.18. The minimum atomic E-state index is -0.930. The van der Waals surface area contributed by atoms with Crippen LogP contribution < -0.4 is 16.6 Å². The second kappa shape index (κ2) is 8.81. The number of benzene rings is 2. The highest BCUT2D eigenvalue weighted by molar-refractivity contribution is 7.98. The van der Waals surface area contributed by atoms with Crippen molar-refractivity contribution in [1.29, 1.82) is 0 Å². The molecule has 0 aliphatic rings. The average molecular weight is 438 g/mol. The molecule has 2 aromatic heterocycles. The zero-order chi connectivity index (χ0) is 22.0. The van der Waals surface area contributed by atoms with Crippen LogP contribution >= 0.6 is 11.8 Å². The minimum absolute atomic E-state index is 0.348. The normalized spacial score (nSPS) is 13.4. The lowest BCUT2D eigenvalue weighted by molar-refractivity contribution is -0.125. The maximum Gasteiger partial charge on any atom is 0.329 e. The first kappa shape index (κ1) is 20.9. The van der Waals surface area contributed by atoms with Gasteiger partial charge in [0.15, 0.2) is 0 Å². The van der Waals surface area contributed by atoms with Gasteiger partial charge in [0.1, 0.15) is 11.9 Å². The quantitative estimate of drug-likeness (QED) is 0.412. The van der Waals surface area contributed by atoms with Gasteiger partial charge in [-0.25, -0.2) is 14.3 Å². The summed E-state index contributed by atoms with van der Waals surface area (Å²) in [6, 6.07) is 13.0. The Morgan fingerprint density at radius 2 is 1.81 bits per heavy atom. The molecule has 2 atom stereocenters. The molecule has 0 aliphatic carbocycles. The van der Waals surface area contributed by atoms with Crippen LogP contribution in [0.4, 0.5) is 0 Å². The summed E-state index contributed by atoms with van der Waals surface area (Å²) in [5, 5.41) is 3.28. The SMILES string of the molecule is CSCC[C@@H](C(=O)NC(C)c1nc2ccccc2[nH]1)n1c(=O)[nH]c2ccccc2c1=O. The summed E-state index contributed by atoms with van der Waals surface area (Å²) in [6.45, 7) is 1.81. The Balaban J connectivity index is 1.68. The first-order chi connectivity index (χ1) is 15.0. The highest BCUT2D eigenvalue weighted by Gasteiger charge is 2.26. The third-order valence-electron chi connectivity index (χ3n) is 5.22. The molecule has 0 saturated heterocycles. The van der Waals surface area contributed by atoms with E-state index in [0.717, 1.165) is 15.6 Å². The molecule has 31 heavy (non-hydrogen) atoms. The Hall–Kier alpha value is -3.33. The van der Waals surface area contributed by atoms with E-state index in [2.05, 4.69) is 20.3 Å². The van der Waals surface area contributed by atoms with E-state index in [9.17, 15) is 14.4 Å². The molecule has 0 radical (unpaired) electrons. The number of nitrogens with zero attached hydrogens (tertiary/aromatic N) is 2. The van der Waals surface area contributed by atoms with E-state index >= 15 is 0 Å². The Bertz CT molecular complexity index is 1320. The van der Waals surface area contributed by atoms with Gasteiger partial charge in [-0.05, 0) is 49.6 Å². The molecule has 3 N–H and O–H groups in total. The van der Waals surface area contributed by atoms with Gasteiger partial charge in [-0.2, -0.15) is 11.8 Å². The predicted molar refractivity (Wildman–Crippen MR) is 124 cm³/mol. The molecule has 9 heteroatoms. The first-order valence-electron chi connectivity index (χ1n) is 9.97. The van der Waals surface area contributed by atoms with Gasteiger partial charge in [0.25, 0.3) is 5.56 Å². The summed E-state index contributed by atoms with van der Waals surface area (Å²) in [5.41, 5.74) is 1.06. The summed E-state index contributed by atoms with van der Waals surface area (Å²) < 4.78 is 1.03. The van der Waals surface area contributed by atoms with E-state index in [1.165, 1.54) is 0 Å². The number of carbonyl (C=O) groups is 1. The van der Waals surface area contributed by atoms with Crippen LogP contribution in [0, 0.1) is 0 Å². The van der Waals surface area contributed by atoms with Gasteiger partial charge in [-0.1, -0.05) is 24.3 Å². The standard InChI is InChI=1S/C22H23N5O3S/c1-13(19-24-16-9-5-6-10-17(16)25-19)23-20(28)18(11-12-31-2)27-21(29)14-7-3-4-8-15(14)26-22(27)30/h3-10,13,18H,11-12H2,1-2H3,(H,23,28)(H,24,25)(H,26,30)/t13?,18-/m0/s1. The Morgan fingerprint density at radius 1 is 1.10 bits per heavy atom. The van der Waals surface area contributed by atoms with Gasteiger partial charge in [-0.3, -0.25) is 9.59 Å². The number of hydrogen-bond acceptors (Lipinski definition) is 5. The molecule has 2 heterocycles. The van der Waals surface area contributed by atoms with E-state index < -0.39 is 29.2 Å². The molecule has 1 unspecified atom stereocenters. The topological polar surface area (TPSA) is 113 Å². The van der Waals surface area contributed by atoms with E-state index in [-0.39, 0.29) is 0 Å².